The van der Waals surface area contributed by atoms with Crippen molar-refractivity contribution in [2.75, 3.05) is 7.11 Å². The number of methoxy groups -OCH3 is 1. The van der Waals surface area contributed by atoms with Crippen molar-refractivity contribution in [1.29, 1.82) is 0 Å². The van der Waals surface area contributed by atoms with Gasteiger partial charge in [0.25, 0.3) is 5.89 Å². The molecule has 1 saturated carbocycles. The zero-order valence-electron chi connectivity index (χ0n) is 14.9. The minimum absolute atomic E-state index is 0.0144. The first-order valence-electron chi connectivity index (χ1n) is 8.86. The molecule has 0 radical (unpaired) electrons. The second-order valence-corrected chi connectivity index (χ2v) is 6.69. The van der Waals surface area contributed by atoms with Crippen molar-refractivity contribution in [1.82, 2.24) is 15.5 Å². The van der Waals surface area contributed by atoms with Gasteiger partial charge in [-0.15, -0.1) is 0 Å². The lowest BCUT2D eigenvalue weighted by molar-refractivity contribution is -0.124. The minimum atomic E-state index is -0.509. The molecule has 1 aliphatic rings. The maximum absolute atomic E-state index is 12.6. The van der Waals surface area contributed by atoms with Crippen LogP contribution in [0.4, 0.5) is 0 Å². The van der Waals surface area contributed by atoms with Gasteiger partial charge in [-0.05, 0) is 43.9 Å². The number of hydrogen-bond donors (Lipinski definition) is 1. The van der Waals surface area contributed by atoms with Gasteiger partial charge in [0.05, 0.1) is 7.11 Å². The van der Waals surface area contributed by atoms with E-state index in [1.54, 1.807) is 14.0 Å². The summed E-state index contributed by atoms with van der Waals surface area (Å²) in [7, 11) is 1.64. The van der Waals surface area contributed by atoms with E-state index in [1.165, 1.54) is 6.42 Å². The van der Waals surface area contributed by atoms with Gasteiger partial charge in [0.1, 0.15) is 11.3 Å². The summed E-state index contributed by atoms with van der Waals surface area (Å²) < 4.78 is 10.6. The molecule has 2 aromatic rings. The fourth-order valence-corrected chi connectivity index (χ4v) is 3.45. The van der Waals surface area contributed by atoms with Crippen LogP contribution >= 0.6 is 0 Å². The largest absolute Gasteiger partial charge is 0.497 e. The van der Waals surface area contributed by atoms with E-state index in [9.17, 15) is 4.79 Å². The Kier molecular flexibility index (Phi) is 5.36. The molecule has 1 fully saturated rings. The summed E-state index contributed by atoms with van der Waals surface area (Å²) in [6.07, 6.45) is 6.06. The topological polar surface area (TPSA) is 77.2 Å². The van der Waals surface area contributed by atoms with E-state index in [0.29, 0.717) is 24.6 Å². The molecular weight excluding hydrogens is 318 g/mol. The van der Waals surface area contributed by atoms with E-state index in [1.807, 2.05) is 24.3 Å². The third kappa shape index (κ3) is 4.18. The van der Waals surface area contributed by atoms with Crippen LogP contribution in [0.1, 0.15) is 55.8 Å². The second kappa shape index (κ2) is 7.68. The number of amides is 1. The third-order valence-corrected chi connectivity index (χ3v) is 4.80. The van der Waals surface area contributed by atoms with E-state index >= 15 is 0 Å². The molecule has 1 amide bonds. The molecule has 6 nitrogen and oxygen atoms in total. The standard InChI is InChI=1S/C19H25N3O3/c1-14-20-18(25-22-14)19(11-4-3-5-12-19)21-17(23)10-9-15-7-6-8-16(13-15)24-2/h6-8,13H,3-5,9-12H2,1-2H3,(H,21,23). The molecule has 134 valence electrons. The van der Waals surface area contributed by atoms with Gasteiger partial charge < -0.3 is 14.6 Å². The molecule has 1 N–H and O–H groups in total. The van der Waals surface area contributed by atoms with Gasteiger partial charge in [0.2, 0.25) is 5.91 Å². The Hall–Kier alpha value is -2.37. The van der Waals surface area contributed by atoms with Crippen LogP contribution in [-0.2, 0) is 16.8 Å². The zero-order chi connectivity index (χ0) is 17.7. The van der Waals surface area contributed by atoms with Crippen molar-refractivity contribution in [3.63, 3.8) is 0 Å². The highest BCUT2D eigenvalue weighted by atomic mass is 16.5. The fraction of sp³-hybridized carbons (Fsp3) is 0.526. The molecule has 6 heteroatoms. The van der Waals surface area contributed by atoms with Crippen LogP contribution < -0.4 is 10.1 Å². The summed E-state index contributed by atoms with van der Waals surface area (Å²) in [5.41, 5.74) is 0.575. The van der Waals surface area contributed by atoms with Gasteiger partial charge in [-0.2, -0.15) is 4.98 Å². The Morgan fingerprint density at radius 3 is 2.80 bits per heavy atom. The molecular formula is C19H25N3O3. The van der Waals surface area contributed by atoms with Crippen molar-refractivity contribution in [3.05, 3.63) is 41.5 Å². The summed E-state index contributed by atoms with van der Waals surface area (Å²) >= 11 is 0. The lowest BCUT2D eigenvalue weighted by Gasteiger charge is -2.34. The summed E-state index contributed by atoms with van der Waals surface area (Å²) in [5.74, 6) is 1.97. The number of aromatic nitrogens is 2. The predicted octanol–water partition coefficient (Wildman–Crippen LogP) is 3.30. The summed E-state index contributed by atoms with van der Waals surface area (Å²) in [4.78, 5) is 17.0. The van der Waals surface area contributed by atoms with Gasteiger partial charge in [0.15, 0.2) is 5.82 Å². The highest BCUT2D eigenvalue weighted by Crippen LogP contribution is 2.36. The highest BCUT2D eigenvalue weighted by Gasteiger charge is 2.40. The molecule has 0 bridgehead atoms. The summed E-state index contributed by atoms with van der Waals surface area (Å²) in [6.45, 7) is 1.80. The number of aryl methyl sites for hydroxylation is 2. The van der Waals surface area contributed by atoms with Crippen molar-refractivity contribution < 1.29 is 14.1 Å². The van der Waals surface area contributed by atoms with E-state index < -0.39 is 5.54 Å². The van der Waals surface area contributed by atoms with Crippen LogP contribution in [0.5, 0.6) is 5.75 Å². The normalized spacial score (nSPS) is 16.4. The number of carbonyl (C=O) groups excluding carboxylic acids is 1. The Morgan fingerprint density at radius 2 is 2.12 bits per heavy atom. The van der Waals surface area contributed by atoms with Crippen molar-refractivity contribution in [3.8, 4) is 5.75 Å². The highest BCUT2D eigenvalue weighted by molar-refractivity contribution is 5.77. The van der Waals surface area contributed by atoms with Gasteiger partial charge in [-0.3, -0.25) is 4.79 Å². The quantitative estimate of drug-likeness (QED) is 0.871. The van der Waals surface area contributed by atoms with E-state index in [0.717, 1.165) is 37.0 Å². The Bertz CT molecular complexity index is 720. The van der Waals surface area contributed by atoms with Gasteiger partial charge in [-0.25, -0.2) is 0 Å². The van der Waals surface area contributed by atoms with Crippen LogP contribution in [0.2, 0.25) is 0 Å². The minimum Gasteiger partial charge on any atom is -0.497 e. The van der Waals surface area contributed by atoms with Crippen molar-refractivity contribution in [2.24, 2.45) is 0 Å². The van der Waals surface area contributed by atoms with Crippen LogP contribution in [0.3, 0.4) is 0 Å². The molecule has 1 aromatic heterocycles. The number of nitrogens with zero attached hydrogens (tertiary/aromatic N) is 2. The molecule has 1 aliphatic carbocycles. The van der Waals surface area contributed by atoms with Gasteiger partial charge in [-0.1, -0.05) is 36.6 Å². The smallest absolute Gasteiger partial charge is 0.252 e. The molecule has 0 saturated heterocycles. The average molecular weight is 343 g/mol. The maximum Gasteiger partial charge on any atom is 0.252 e. The number of hydrogen-bond acceptors (Lipinski definition) is 5. The predicted molar refractivity (Wildman–Crippen MR) is 93.3 cm³/mol. The number of ether oxygens (including phenoxy) is 1. The molecule has 3 rings (SSSR count). The van der Waals surface area contributed by atoms with Crippen molar-refractivity contribution >= 4 is 5.91 Å². The number of rotatable bonds is 6. The molecule has 1 aromatic carbocycles. The molecule has 1 heterocycles. The lowest BCUT2D eigenvalue weighted by Crippen LogP contribution is -2.47. The molecule has 0 aliphatic heterocycles. The monoisotopic (exact) mass is 343 g/mol. The van der Waals surface area contributed by atoms with Gasteiger partial charge >= 0.3 is 0 Å². The number of carbonyl (C=O) groups is 1. The fourth-order valence-electron chi connectivity index (χ4n) is 3.45. The van der Waals surface area contributed by atoms with Crippen LogP contribution in [0, 0.1) is 6.92 Å². The molecule has 25 heavy (non-hydrogen) atoms. The Balaban J connectivity index is 1.66. The Morgan fingerprint density at radius 1 is 1.32 bits per heavy atom. The first-order chi connectivity index (χ1) is 12.1. The maximum atomic E-state index is 12.6. The number of nitrogens with one attached hydrogen (secondary N) is 1. The first-order valence-corrected chi connectivity index (χ1v) is 8.86. The molecule has 0 spiro atoms. The summed E-state index contributed by atoms with van der Waals surface area (Å²) in [6, 6.07) is 7.81. The van der Waals surface area contributed by atoms with Crippen molar-refractivity contribution in [2.45, 2.75) is 57.4 Å². The molecule has 0 unspecified atom stereocenters. The van der Waals surface area contributed by atoms with Crippen LogP contribution in [0.15, 0.2) is 28.8 Å². The van der Waals surface area contributed by atoms with Gasteiger partial charge in [0, 0.05) is 6.42 Å². The van der Waals surface area contributed by atoms with Crippen LogP contribution in [0.25, 0.3) is 0 Å². The summed E-state index contributed by atoms with van der Waals surface area (Å²) in [5, 5.41) is 7.10. The second-order valence-electron chi connectivity index (χ2n) is 6.69. The molecule has 0 atom stereocenters. The van der Waals surface area contributed by atoms with E-state index in [4.69, 9.17) is 9.26 Å². The third-order valence-electron chi connectivity index (χ3n) is 4.80. The lowest BCUT2D eigenvalue weighted by atomic mass is 9.81. The van der Waals surface area contributed by atoms with E-state index in [-0.39, 0.29) is 5.91 Å². The average Bonchev–Trinajstić information content (AvgIpc) is 3.08. The van der Waals surface area contributed by atoms with E-state index in [2.05, 4.69) is 15.5 Å². The first kappa shape index (κ1) is 17.5. The number of benzene rings is 1. The van der Waals surface area contributed by atoms with Crippen LogP contribution in [-0.4, -0.2) is 23.2 Å². The zero-order valence-corrected chi connectivity index (χ0v) is 14.9. The Labute approximate surface area is 148 Å². The SMILES string of the molecule is COc1cccc(CCC(=O)NC2(c3nc(C)no3)CCCCC2)c1.